The van der Waals surface area contributed by atoms with E-state index in [0.717, 1.165) is 34.3 Å². The van der Waals surface area contributed by atoms with E-state index >= 15 is 0 Å². The molecule has 1 atom stereocenters. The Morgan fingerprint density at radius 3 is 2.91 bits per heavy atom. The molecule has 8 heteroatoms. The molecule has 2 heterocycles. The minimum atomic E-state index is -3.38. The first-order valence-electron chi connectivity index (χ1n) is 7.49. The van der Waals surface area contributed by atoms with Crippen LogP contribution in [-0.4, -0.2) is 42.5 Å². The van der Waals surface area contributed by atoms with Crippen LogP contribution in [0.5, 0.6) is 0 Å². The fourth-order valence-electron chi connectivity index (χ4n) is 2.91. The number of carbonyl (C=O) groups excluding carboxylic acids is 1. The number of nitrogens with one attached hydrogen (secondary N) is 1. The Morgan fingerprint density at radius 2 is 2.17 bits per heavy atom. The summed E-state index contributed by atoms with van der Waals surface area (Å²) in [5.74, 6) is -0.268. The molecule has 0 saturated carbocycles. The predicted octanol–water partition coefficient (Wildman–Crippen LogP) is 2.36. The Kier molecular flexibility index (Phi) is 4.39. The molecule has 0 aliphatic carbocycles. The number of hydrogen-bond acceptors (Lipinski definition) is 5. The highest BCUT2D eigenvalue weighted by atomic mass is 32.2. The molecule has 2 aromatic rings. The molecule has 1 saturated heterocycles. The summed E-state index contributed by atoms with van der Waals surface area (Å²) in [7, 11) is -3.38. The van der Waals surface area contributed by atoms with Crippen molar-refractivity contribution in [3.63, 3.8) is 0 Å². The topological polar surface area (TPSA) is 79.4 Å². The lowest BCUT2D eigenvalue weighted by Gasteiger charge is -2.32. The van der Waals surface area contributed by atoms with E-state index in [1.807, 2.05) is 19.1 Å². The zero-order valence-electron chi connectivity index (χ0n) is 13.1. The Bertz CT molecular complexity index is 845. The largest absolute Gasteiger partial charge is 0.325 e. The molecule has 1 aromatic carbocycles. The van der Waals surface area contributed by atoms with E-state index in [2.05, 4.69) is 10.3 Å². The molecule has 0 spiro atoms. The number of sulfonamides is 1. The third kappa shape index (κ3) is 3.54. The number of fused-ring (bicyclic) bond motifs is 1. The van der Waals surface area contributed by atoms with Crippen molar-refractivity contribution in [3.8, 4) is 0 Å². The number of benzene rings is 1. The Balaban J connectivity index is 1.81. The van der Waals surface area contributed by atoms with Gasteiger partial charge in [-0.15, -0.1) is 11.3 Å². The molecule has 1 aliphatic rings. The monoisotopic (exact) mass is 353 g/mol. The second-order valence-corrected chi connectivity index (χ2v) is 8.96. The molecule has 1 aliphatic heterocycles. The molecule has 0 radical (unpaired) electrons. The number of nitrogens with zero attached hydrogens (tertiary/aromatic N) is 2. The zero-order chi connectivity index (χ0) is 16.6. The van der Waals surface area contributed by atoms with E-state index in [1.54, 1.807) is 17.4 Å². The molecule has 23 heavy (non-hydrogen) atoms. The van der Waals surface area contributed by atoms with E-state index in [1.165, 1.54) is 4.31 Å². The molecule has 1 fully saturated rings. The summed E-state index contributed by atoms with van der Waals surface area (Å²) in [5, 5.41) is 3.82. The van der Waals surface area contributed by atoms with Gasteiger partial charge in [-0.3, -0.25) is 4.79 Å². The maximum Gasteiger partial charge on any atom is 0.242 e. The average Bonchev–Trinajstić information content (AvgIpc) is 2.85. The van der Waals surface area contributed by atoms with Crippen LogP contribution in [0, 0.1) is 6.92 Å². The summed E-state index contributed by atoms with van der Waals surface area (Å²) < 4.78 is 26.1. The normalized spacial score (nSPS) is 19.8. The van der Waals surface area contributed by atoms with Crippen molar-refractivity contribution in [1.29, 1.82) is 0 Å². The van der Waals surface area contributed by atoms with E-state index in [-0.39, 0.29) is 5.91 Å². The van der Waals surface area contributed by atoms with Crippen LogP contribution < -0.4 is 5.32 Å². The maximum atomic E-state index is 12.5. The zero-order valence-corrected chi connectivity index (χ0v) is 14.7. The molecule has 1 amide bonds. The minimum absolute atomic E-state index is 0.268. The second-order valence-electron chi connectivity index (χ2n) is 5.79. The summed E-state index contributed by atoms with van der Waals surface area (Å²) in [6.07, 6.45) is 3.37. The van der Waals surface area contributed by atoms with Gasteiger partial charge in [0.1, 0.15) is 6.04 Å². The third-order valence-electron chi connectivity index (χ3n) is 3.95. The number of rotatable bonds is 3. The van der Waals surface area contributed by atoms with Crippen LogP contribution >= 0.6 is 11.3 Å². The van der Waals surface area contributed by atoms with Crippen molar-refractivity contribution < 1.29 is 13.2 Å². The van der Waals surface area contributed by atoms with Gasteiger partial charge >= 0.3 is 0 Å². The fourth-order valence-corrected chi connectivity index (χ4v) is 4.90. The van der Waals surface area contributed by atoms with Gasteiger partial charge in [-0.1, -0.05) is 6.42 Å². The highest BCUT2D eigenvalue weighted by molar-refractivity contribution is 7.88. The summed E-state index contributed by atoms with van der Waals surface area (Å²) in [6, 6.07) is 4.92. The van der Waals surface area contributed by atoms with Crippen LogP contribution in [0.4, 0.5) is 5.69 Å². The van der Waals surface area contributed by atoms with Crippen molar-refractivity contribution in [2.45, 2.75) is 32.2 Å². The molecule has 1 unspecified atom stereocenters. The lowest BCUT2D eigenvalue weighted by molar-refractivity contribution is -0.120. The highest BCUT2D eigenvalue weighted by Gasteiger charge is 2.34. The van der Waals surface area contributed by atoms with Gasteiger partial charge in [0.15, 0.2) is 0 Å². The number of piperidine rings is 1. The summed E-state index contributed by atoms with van der Waals surface area (Å²) in [4.78, 5) is 16.9. The number of aromatic nitrogens is 1. The molecule has 0 bridgehead atoms. The van der Waals surface area contributed by atoms with Crippen LogP contribution in [-0.2, 0) is 14.8 Å². The summed E-state index contributed by atoms with van der Waals surface area (Å²) in [6.45, 7) is 2.35. The molecule has 6 nitrogen and oxygen atoms in total. The fraction of sp³-hybridized carbons (Fsp3) is 0.467. The van der Waals surface area contributed by atoms with E-state index < -0.39 is 16.1 Å². The van der Waals surface area contributed by atoms with Gasteiger partial charge in [0.2, 0.25) is 15.9 Å². The smallest absolute Gasteiger partial charge is 0.242 e. The van der Waals surface area contributed by atoms with Crippen LogP contribution in [0.1, 0.15) is 24.3 Å². The van der Waals surface area contributed by atoms with Crippen molar-refractivity contribution in [2.24, 2.45) is 0 Å². The standard InChI is InChI=1S/C15H19N3O3S2/c1-10-16-12-7-6-11(9-14(12)22-10)17-15(19)13-5-3-4-8-18(13)23(2,20)21/h6-7,9,13H,3-5,8H2,1-2H3,(H,17,19). The van der Waals surface area contributed by atoms with Gasteiger partial charge < -0.3 is 5.32 Å². The molecule has 124 valence electrons. The molecular weight excluding hydrogens is 334 g/mol. The third-order valence-corrected chi connectivity index (χ3v) is 6.17. The maximum absolute atomic E-state index is 12.5. The second kappa shape index (κ2) is 6.18. The van der Waals surface area contributed by atoms with Crippen LogP contribution in [0.2, 0.25) is 0 Å². The Hall–Kier alpha value is -1.51. The Morgan fingerprint density at radius 1 is 1.39 bits per heavy atom. The minimum Gasteiger partial charge on any atom is -0.325 e. The molecule has 1 N–H and O–H groups in total. The number of anilines is 1. The van der Waals surface area contributed by atoms with Crippen molar-refractivity contribution in [3.05, 3.63) is 23.2 Å². The molecule has 3 rings (SSSR count). The van der Waals surface area contributed by atoms with Crippen LogP contribution in [0.3, 0.4) is 0 Å². The quantitative estimate of drug-likeness (QED) is 0.919. The highest BCUT2D eigenvalue weighted by Crippen LogP contribution is 2.26. The Labute approximate surface area is 139 Å². The molecular formula is C15H19N3O3S2. The first kappa shape index (κ1) is 16.4. The van der Waals surface area contributed by atoms with Crippen LogP contribution in [0.15, 0.2) is 18.2 Å². The van der Waals surface area contributed by atoms with E-state index in [9.17, 15) is 13.2 Å². The van der Waals surface area contributed by atoms with Gasteiger partial charge in [0.25, 0.3) is 0 Å². The lowest BCUT2D eigenvalue weighted by atomic mass is 10.0. The van der Waals surface area contributed by atoms with Crippen molar-refractivity contribution >= 4 is 43.2 Å². The SMILES string of the molecule is Cc1nc2ccc(NC(=O)C3CCCCN3S(C)(=O)=O)cc2s1. The van der Waals surface area contributed by atoms with Gasteiger partial charge in [-0.05, 0) is 38.0 Å². The van der Waals surface area contributed by atoms with Gasteiger partial charge in [0, 0.05) is 12.2 Å². The number of amides is 1. The lowest BCUT2D eigenvalue weighted by Crippen LogP contribution is -2.49. The first-order valence-corrected chi connectivity index (χ1v) is 10.2. The summed E-state index contributed by atoms with van der Waals surface area (Å²) >= 11 is 1.57. The van der Waals surface area contributed by atoms with Gasteiger partial charge in [0.05, 0.1) is 21.5 Å². The average molecular weight is 353 g/mol. The number of carbonyl (C=O) groups is 1. The van der Waals surface area contributed by atoms with E-state index in [4.69, 9.17) is 0 Å². The number of hydrogen-bond donors (Lipinski definition) is 1. The summed E-state index contributed by atoms with van der Waals surface area (Å²) in [5.41, 5.74) is 1.58. The van der Waals surface area contributed by atoms with Crippen molar-refractivity contribution in [2.75, 3.05) is 18.1 Å². The van der Waals surface area contributed by atoms with E-state index in [0.29, 0.717) is 18.7 Å². The first-order chi connectivity index (χ1) is 10.8. The predicted molar refractivity (Wildman–Crippen MR) is 92.2 cm³/mol. The van der Waals surface area contributed by atoms with Crippen molar-refractivity contribution in [1.82, 2.24) is 9.29 Å². The number of aryl methyl sites for hydroxylation is 1. The van der Waals surface area contributed by atoms with Crippen LogP contribution in [0.25, 0.3) is 10.2 Å². The van der Waals surface area contributed by atoms with Gasteiger partial charge in [-0.25, -0.2) is 13.4 Å². The number of thiazole rings is 1. The molecule has 1 aromatic heterocycles. The van der Waals surface area contributed by atoms with Gasteiger partial charge in [-0.2, -0.15) is 4.31 Å².